The van der Waals surface area contributed by atoms with Crippen LogP contribution >= 0.6 is 0 Å². The fourth-order valence-electron chi connectivity index (χ4n) is 3.37. The van der Waals surface area contributed by atoms with Crippen LogP contribution in [-0.2, 0) is 11.2 Å². The molecule has 1 amide bonds. The van der Waals surface area contributed by atoms with Crippen LogP contribution in [0.5, 0.6) is 11.5 Å². The lowest BCUT2D eigenvalue weighted by molar-refractivity contribution is -0.122. The molecule has 1 heterocycles. The number of methoxy groups -OCH3 is 1. The van der Waals surface area contributed by atoms with E-state index >= 15 is 0 Å². The molecule has 4 heteroatoms. The molecule has 138 valence electrons. The monoisotopic (exact) mass is 353 g/mol. The fourth-order valence-corrected chi connectivity index (χ4v) is 3.37. The lowest BCUT2D eigenvalue weighted by Gasteiger charge is -2.38. The van der Waals surface area contributed by atoms with E-state index in [2.05, 4.69) is 36.5 Å². The van der Waals surface area contributed by atoms with E-state index in [9.17, 15) is 4.79 Å². The number of benzene rings is 2. The number of amides is 1. The number of fused-ring (bicyclic) bond motifs is 1. The van der Waals surface area contributed by atoms with Gasteiger partial charge in [0.1, 0.15) is 17.1 Å². The predicted molar refractivity (Wildman–Crippen MR) is 103 cm³/mol. The number of hydrogen-bond acceptors (Lipinski definition) is 3. The molecule has 3 rings (SSSR count). The second-order valence-corrected chi connectivity index (χ2v) is 7.58. The minimum absolute atomic E-state index is 0.0574. The highest BCUT2D eigenvalue weighted by atomic mass is 16.5. The van der Waals surface area contributed by atoms with Gasteiger partial charge in [-0.2, -0.15) is 0 Å². The first kappa shape index (κ1) is 18.3. The summed E-state index contributed by atoms with van der Waals surface area (Å²) in [5.41, 5.74) is 3.07. The van der Waals surface area contributed by atoms with Gasteiger partial charge in [-0.25, -0.2) is 0 Å². The molecule has 2 aromatic carbocycles. The molecule has 1 N–H and O–H groups in total. The normalized spacial score (nSPS) is 17.8. The van der Waals surface area contributed by atoms with E-state index in [1.807, 2.05) is 32.0 Å². The zero-order valence-electron chi connectivity index (χ0n) is 16.0. The number of hydrogen-bond donors (Lipinski definition) is 1. The van der Waals surface area contributed by atoms with Crippen molar-refractivity contribution in [1.82, 2.24) is 5.32 Å². The van der Waals surface area contributed by atoms with Crippen molar-refractivity contribution in [3.63, 3.8) is 0 Å². The number of ether oxygens (including phenoxy) is 2. The molecular formula is C22H27NO3. The van der Waals surface area contributed by atoms with Gasteiger partial charge in [0.05, 0.1) is 13.2 Å². The summed E-state index contributed by atoms with van der Waals surface area (Å²) in [6.07, 6.45) is 1.94. The smallest absolute Gasteiger partial charge is 0.220 e. The topological polar surface area (TPSA) is 47.6 Å². The van der Waals surface area contributed by atoms with E-state index in [1.165, 1.54) is 11.1 Å². The fraction of sp³-hybridized carbons (Fsp3) is 0.409. The van der Waals surface area contributed by atoms with Crippen LogP contribution in [0.4, 0.5) is 0 Å². The van der Waals surface area contributed by atoms with Gasteiger partial charge in [0, 0.05) is 18.4 Å². The molecule has 26 heavy (non-hydrogen) atoms. The van der Waals surface area contributed by atoms with Crippen molar-refractivity contribution in [2.24, 2.45) is 0 Å². The quantitative estimate of drug-likeness (QED) is 0.869. The lowest BCUT2D eigenvalue weighted by Crippen LogP contribution is -2.41. The Balaban J connectivity index is 1.70. The average Bonchev–Trinajstić information content (AvgIpc) is 2.60. The van der Waals surface area contributed by atoms with E-state index in [0.29, 0.717) is 6.42 Å². The second-order valence-electron chi connectivity index (χ2n) is 7.58. The second kappa shape index (κ2) is 7.40. The maximum absolute atomic E-state index is 12.5. The number of aryl methyl sites for hydroxylation is 2. The molecule has 0 fully saturated rings. The molecule has 4 nitrogen and oxygen atoms in total. The van der Waals surface area contributed by atoms with Crippen molar-refractivity contribution < 1.29 is 14.3 Å². The third-order valence-corrected chi connectivity index (χ3v) is 4.77. The van der Waals surface area contributed by atoms with Gasteiger partial charge >= 0.3 is 0 Å². The minimum Gasteiger partial charge on any atom is -0.497 e. The Morgan fingerprint density at radius 3 is 2.65 bits per heavy atom. The van der Waals surface area contributed by atoms with Crippen molar-refractivity contribution >= 4 is 5.91 Å². The van der Waals surface area contributed by atoms with Crippen LogP contribution in [0.1, 0.15) is 49.4 Å². The van der Waals surface area contributed by atoms with Crippen molar-refractivity contribution in [3.05, 3.63) is 59.2 Å². The standard InChI is InChI=1S/C22H27NO3/c1-15-5-7-16(8-6-15)9-12-21(24)23-19-14-22(2,3)26-20-11-10-17(25-4)13-18(19)20/h5-8,10-11,13,19H,9,12,14H2,1-4H3,(H,23,24)/t19-/m1/s1. The summed E-state index contributed by atoms with van der Waals surface area (Å²) in [7, 11) is 1.64. The van der Waals surface area contributed by atoms with Crippen LogP contribution in [0.15, 0.2) is 42.5 Å². The van der Waals surface area contributed by atoms with Crippen LogP contribution in [0.25, 0.3) is 0 Å². The predicted octanol–water partition coefficient (Wildman–Crippen LogP) is 4.35. The zero-order valence-corrected chi connectivity index (χ0v) is 16.0. The molecule has 1 aliphatic rings. The van der Waals surface area contributed by atoms with Crippen molar-refractivity contribution in [2.45, 2.75) is 51.7 Å². The molecule has 1 aliphatic heterocycles. The van der Waals surface area contributed by atoms with Gasteiger partial charge in [0.25, 0.3) is 0 Å². The van der Waals surface area contributed by atoms with Gasteiger partial charge in [0.15, 0.2) is 0 Å². The van der Waals surface area contributed by atoms with Gasteiger partial charge in [0.2, 0.25) is 5.91 Å². The van der Waals surface area contributed by atoms with Crippen LogP contribution in [0.3, 0.4) is 0 Å². The summed E-state index contributed by atoms with van der Waals surface area (Å²) in [5.74, 6) is 1.64. The molecule has 0 saturated carbocycles. The molecule has 0 spiro atoms. The highest BCUT2D eigenvalue weighted by Gasteiger charge is 2.34. The van der Waals surface area contributed by atoms with Gasteiger partial charge in [-0.15, -0.1) is 0 Å². The van der Waals surface area contributed by atoms with E-state index in [0.717, 1.165) is 29.9 Å². The molecule has 0 radical (unpaired) electrons. The van der Waals surface area contributed by atoms with Gasteiger partial charge in [-0.05, 0) is 51.0 Å². The van der Waals surface area contributed by atoms with Crippen LogP contribution in [0.2, 0.25) is 0 Å². The Labute approximate surface area is 155 Å². The number of carbonyl (C=O) groups is 1. The maximum Gasteiger partial charge on any atom is 0.220 e. The first-order valence-electron chi connectivity index (χ1n) is 9.08. The minimum atomic E-state index is -0.323. The Hall–Kier alpha value is -2.49. The summed E-state index contributed by atoms with van der Waals surface area (Å²) < 4.78 is 11.4. The number of carbonyl (C=O) groups excluding carboxylic acids is 1. The first-order chi connectivity index (χ1) is 12.4. The van der Waals surface area contributed by atoms with Crippen LogP contribution in [0, 0.1) is 6.92 Å². The highest BCUT2D eigenvalue weighted by molar-refractivity contribution is 5.77. The maximum atomic E-state index is 12.5. The first-order valence-corrected chi connectivity index (χ1v) is 9.08. The molecule has 1 atom stereocenters. The molecule has 0 aromatic heterocycles. The largest absolute Gasteiger partial charge is 0.497 e. The van der Waals surface area contributed by atoms with Crippen LogP contribution in [-0.4, -0.2) is 18.6 Å². The third-order valence-electron chi connectivity index (χ3n) is 4.77. The summed E-state index contributed by atoms with van der Waals surface area (Å²) in [5, 5.41) is 3.19. The highest BCUT2D eigenvalue weighted by Crippen LogP contribution is 2.41. The third kappa shape index (κ3) is 4.37. The number of rotatable bonds is 5. The van der Waals surface area contributed by atoms with E-state index < -0.39 is 0 Å². The van der Waals surface area contributed by atoms with E-state index in [-0.39, 0.29) is 17.6 Å². The Kier molecular flexibility index (Phi) is 5.21. The van der Waals surface area contributed by atoms with Gasteiger partial charge in [-0.1, -0.05) is 29.8 Å². The van der Waals surface area contributed by atoms with Crippen molar-refractivity contribution in [3.8, 4) is 11.5 Å². The molecule has 2 aromatic rings. The lowest BCUT2D eigenvalue weighted by atomic mass is 9.89. The zero-order chi connectivity index (χ0) is 18.7. The van der Waals surface area contributed by atoms with Crippen molar-refractivity contribution in [2.75, 3.05) is 7.11 Å². The summed E-state index contributed by atoms with van der Waals surface area (Å²) in [4.78, 5) is 12.5. The van der Waals surface area contributed by atoms with Crippen LogP contribution < -0.4 is 14.8 Å². The van der Waals surface area contributed by atoms with E-state index in [4.69, 9.17) is 9.47 Å². The Bertz CT molecular complexity index is 780. The van der Waals surface area contributed by atoms with Gasteiger partial charge in [-0.3, -0.25) is 4.79 Å². The summed E-state index contributed by atoms with van der Waals surface area (Å²) in [6, 6.07) is 14.0. The van der Waals surface area contributed by atoms with Gasteiger partial charge < -0.3 is 14.8 Å². The number of nitrogens with one attached hydrogen (secondary N) is 1. The Morgan fingerprint density at radius 2 is 1.96 bits per heavy atom. The summed E-state index contributed by atoms with van der Waals surface area (Å²) >= 11 is 0. The average molecular weight is 353 g/mol. The summed E-state index contributed by atoms with van der Waals surface area (Å²) in [6.45, 7) is 6.16. The molecule has 0 saturated heterocycles. The molecule has 0 aliphatic carbocycles. The molecule has 0 bridgehead atoms. The molecule has 0 unspecified atom stereocenters. The Morgan fingerprint density at radius 1 is 1.23 bits per heavy atom. The van der Waals surface area contributed by atoms with Crippen molar-refractivity contribution in [1.29, 1.82) is 0 Å². The molecular weight excluding hydrogens is 326 g/mol. The SMILES string of the molecule is COc1ccc2c(c1)[C@H](NC(=O)CCc1ccc(C)cc1)CC(C)(C)O2. The van der Waals surface area contributed by atoms with E-state index in [1.54, 1.807) is 7.11 Å².